The van der Waals surface area contributed by atoms with Gasteiger partial charge in [-0.25, -0.2) is 0 Å². The van der Waals surface area contributed by atoms with Gasteiger partial charge in [0.2, 0.25) is 0 Å². The molecule has 88 valence electrons. The third kappa shape index (κ3) is 2.45. The van der Waals surface area contributed by atoms with Gasteiger partial charge in [-0.15, -0.1) is 0 Å². The van der Waals surface area contributed by atoms with E-state index in [1.807, 2.05) is 7.05 Å². The van der Waals surface area contributed by atoms with Crippen molar-refractivity contribution in [1.82, 2.24) is 10.2 Å². The molecule has 0 saturated heterocycles. The molecule has 0 radical (unpaired) electrons. The van der Waals surface area contributed by atoms with Gasteiger partial charge in [0.05, 0.1) is 0 Å². The van der Waals surface area contributed by atoms with Crippen molar-refractivity contribution in [2.75, 3.05) is 20.1 Å². The lowest BCUT2D eigenvalue weighted by molar-refractivity contribution is 0.172. The van der Waals surface area contributed by atoms with Crippen molar-refractivity contribution in [3.63, 3.8) is 0 Å². The molecule has 1 unspecified atom stereocenters. The monoisotopic (exact) mass is 218 g/mol. The van der Waals surface area contributed by atoms with Gasteiger partial charge < -0.3 is 5.32 Å². The third-order valence-corrected chi connectivity index (χ3v) is 3.59. The molecule has 2 heteroatoms. The number of nitrogens with one attached hydrogen (secondary N) is 1. The topological polar surface area (TPSA) is 15.3 Å². The highest BCUT2D eigenvalue weighted by molar-refractivity contribution is 5.29. The molecule has 1 aromatic rings. The van der Waals surface area contributed by atoms with Crippen molar-refractivity contribution in [2.24, 2.45) is 0 Å². The number of benzene rings is 1. The maximum atomic E-state index is 3.30. The van der Waals surface area contributed by atoms with E-state index in [9.17, 15) is 0 Å². The van der Waals surface area contributed by atoms with Crippen LogP contribution in [0.4, 0.5) is 0 Å². The van der Waals surface area contributed by atoms with Crippen LogP contribution in [0.5, 0.6) is 0 Å². The summed E-state index contributed by atoms with van der Waals surface area (Å²) in [5.74, 6) is 0. The lowest BCUT2D eigenvalue weighted by Gasteiger charge is -2.35. The number of hydrogen-bond donors (Lipinski definition) is 1. The summed E-state index contributed by atoms with van der Waals surface area (Å²) in [6, 6.07) is 9.53. The molecule has 0 amide bonds. The first-order valence-corrected chi connectivity index (χ1v) is 6.30. The van der Waals surface area contributed by atoms with Crippen LogP contribution in [0.3, 0.4) is 0 Å². The third-order valence-electron chi connectivity index (χ3n) is 3.59. The average Bonchev–Trinajstić information content (AvgIpc) is 2.35. The zero-order valence-corrected chi connectivity index (χ0v) is 10.4. The van der Waals surface area contributed by atoms with Crippen molar-refractivity contribution in [3.8, 4) is 0 Å². The van der Waals surface area contributed by atoms with Crippen molar-refractivity contribution in [3.05, 3.63) is 35.4 Å². The SMILES string of the molecule is CCC(CNC)N1CCc2ccccc2C1. The molecule has 0 fully saturated rings. The predicted molar refractivity (Wildman–Crippen MR) is 68.6 cm³/mol. The Bertz CT molecular complexity index is 335. The highest BCUT2D eigenvalue weighted by Crippen LogP contribution is 2.20. The Labute approximate surface area is 98.7 Å². The summed E-state index contributed by atoms with van der Waals surface area (Å²) in [6.45, 7) is 5.70. The molecule has 2 nitrogen and oxygen atoms in total. The smallest absolute Gasteiger partial charge is 0.0240 e. The minimum Gasteiger partial charge on any atom is -0.318 e. The Kier molecular flexibility index (Phi) is 3.97. The first kappa shape index (κ1) is 11.6. The van der Waals surface area contributed by atoms with Crippen molar-refractivity contribution in [1.29, 1.82) is 0 Å². The molecule has 1 aromatic carbocycles. The summed E-state index contributed by atoms with van der Waals surface area (Å²) in [4.78, 5) is 2.61. The summed E-state index contributed by atoms with van der Waals surface area (Å²) in [5, 5.41) is 3.30. The van der Waals surface area contributed by atoms with Gasteiger partial charge >= 0.3 is 0 Å². The van der Waals surface area contributed by atoms with Crippen molar-refractivity contribution < 1.29 is 0 Å². The first-order chi connectivity index (χ1) is 7.85. The van der Waals surface area contributed by atoms with Gasteiger partial charge in [-0.3, -0.25) is 4.90 Å². The quantitative estimate of drug-likeness (QED) is 0.832. The van der Waals surface area contributed by atoms with Crippen LogP contribution < -0.4 is 5.32 Å². The van der Waals surface area contributed by atoms with Crippen LogP contribution in [-0.4, -0.2) is 31.1 Å². The maximum absolute atomic E-state index is 3.30. The second kappa shape index (κ2) is 5.46. The standard InChI is InChI=1S/C14H22N2/c1-3-14(10-15-2)16-9-8-12-6-4-5-7-13(12)11-16/h4-7,14-15H,3,8-11H2,1-2H3. The summed E-state index contributed by atoms with van der Waals surface area (Å²) in [5.41, 5.74) is 3.06. The van der Waals surface area contributed by atoms with Gasteiger partial charge in [0.1, 0.15) is 0 Å². The molecule has 1 atom stereocenters. The van der Waals surface area contributed by atoms with Crippen LogP contribution >= 0.6 is 0 Å². The molecule has 0 bridgehead atoms. The molecular weight excluding hydrogens is 196 g/mol. The zero-order valence-electron chi connectivity index (χ0n) is 10.4. The van der Waals surface area contributed by atoms with Gasteiger partial charge in [-0.1, -0.05) is 31.2 Å². The van der Waals surface area contributed by atoms with Crippen molar-refractivity contribution in [2.45, 2.75) is 32.4 Å². The molecule has 0 aromatic heterocycles. The minimum absolute atomic E-state index is 0.679. The number of hydrogen-bond acceptors (Lipinski definition) is 2. The second-order valence-corrected chi connectivity index (χ2v) is 4.61. The van der Waals surface area contributed by atoms with Crippen LogP contribution in [0.1, 0.15) is 24.5 Å². The molecule has 1 aliphatic rings. The lowest BCUT2D eigenvalue weighted by atomic mass is 9.98. The van der Waals surface area contributed by atoms with Crippen LogP contribution in [0.2, 0.25) is 0 Å². The van der Waals surface area contributed by atoms with Gasteiger partial charge in [0, 0.05) is 25.7 Å². The summed E-state index contributed by atoms with van der Waals surface area (Å²) < 4.78 is 0. The molecule has 1 heterocycles. The van der Waals surface area contributed by atoms with Crippen LogP contribution in [0, 0.1) is 0 Å². The minimum atomic E-state index is 0.679. The van der Waals surface area contributed by atoms with Crippen LogP contribution in [0.15, 0.2) is 24.3 Å². The Hall–Kier alpha value is -0.860. The number of rotatable bonds is 4. The molecule has 0 aliphatic carbocycles. The Morgan fingerprint density at radius 1 is 1.31 bits per heavy atom. The van der Waals surface area contributed by atoms with Crippen molar-refractivity contribution >= 4 is 0 Å². The van der Waals surface area contributed by atoms with E-state index in [2.05, 4.69) is 41.4 Å². The normalized spacial score (nSPS) is 18.1. The summed E-state index contributed by atoms with van der Waals surface area (Å²) in [7, 11) is 2.04. The van der Waals surface area contributed by atoms with E-state index in [-0.39, 0.29) is 0 Å². The predicted octanol–water partition coefficient (Wildman–Crippen LogP) is 2.04. The van der Waals surface area contributed by atoms with Crippen LogP contribution in [-0.2, 0) is 13.0 Å². The molecule has 16 heavy (non-hydrogen) atoms. The average molecular weight is 218 g/mol. The lowest BCUT2D eigenvalue weighted by Crippen LogP contribution is -2.43. The molecule has 0 saturated carbocycles. The largest absolute Gasteiger partial charge is 0.318 e. The van der Waals surface area contributed by atoms with E-state index in [0.29, 0.717) is 6.04 Å². The van der Waals surface area contributed by atoms with E-state index >= 15 is 0 Å². The maximum Gasteiger partial charge on any atom is 0.0240 e. The molecule has 0 spiro atoms. The molecule has 1 N–H and O–H groups in total. The van der Waals surface area contributed by atoms with E-state index < -0.39 is 0 Å². The fourth-order valence-corrected chi connectivity index (χ4v) is 2.60. The van der Waals surface area contributed by atoms with Crippen LogP contribution in [0.25, 0.3) is 0 Å². The molecule has 2 rings (SSSR count). The molecule has 1 aliphatic heterocycles. The highest BCUT2D eigenvalue weighted by atomic mass is 15.2. The summed E-state index contributed by atoms with van der Waals surface area (Å²) in [6.07, 6.45) is 2.43. The first-order valence-electron chi connectivity index (χ1n) is 6.30. The fourth-order valence-electron chi connectivity index (χ4n) is 2.60. The van der Waals surface area contributed by atoms with E-state index in [4.69, 9.17) is 0 Å². The number of fused-ring (bicyclic) bond motifs is 1. The van der Waals surface area contributed by atoms with Gasteiger partial charge in [0.15, 0.2) is 0 Å². The Balaban J connectivity index is 2.06. The molecular formula is C14H22N2. The van der Waals surface area contributed by atoms with E-state index in [1.54, 1.807) is 0 Å². The number of likely N-dealkylation sites (N-methyl/N-ethyl adjacent to an activating group) is 1. The van der Waals surface area contributed by atoms with E-state index in [0.717, 1.165) is 13.1 Å². The van der Waals surface area contributed by atoms with E-state index in [1.165, 1.54) is 30.5 Å². The van der Waals surface area contributed by atoms with Gasteiger partial charge in [0.25, 0.3) is 0 Å². The number of nitrogens with zero attached hydrogens (tertiary/aromatic N) is 1. The summed E-state index contributed by atoms with van der Waals surface area (Å²) >= 11 is 0. The Morgan fingerprint density at radius 3 is 2.75 bits per heavy atom. The highest BCUT2D eigenvalue weighted by Gasteiger charge is 2.21. The second-order valence-electron chi connectivity index (χ2n) is 4.61. The Morgan fingerprint density at radius 2 is 2.06 bits per heavy atom. The zero-order chi connectivity index (χ0) is 11.4. The fraction of sp³-hybridized carbons (Fsp3) is 0.571. The van der Waals surface area contributed by atoms with Gasteiger partial charge in [-0.2, -0.15) is 0 Å². The van der Waals surface area contributed by atoms with Gasteiger partial charge in [-0.05, 0) is 31.0 Å².